The molecule has 98 valence electrons. The smallest absolute Gasteiger partial charge is 0.136 e. The van der Waals surface area contributed by atoms with Gasteiger partial charge in [0.15, 0.2) is 0 Å². The molecule has 1 atom stereocenters. The molecule has 2 nitrogen and oxygen atoms in total. The molecule has 1 aliphatic rings. The maximum Gasteiger partial charge on any atom is 0.136 e. The summed E-state index contributed by atoms with van der Waals surface area (Å²) < 4.78 is 5.75. The molecular weight excluding hydrogens is 224 g/mol. The van der Waals surface area contributed by atoms with E-state index in [4.69, 9.17) is 4.74 Å². The van der Waals surface area contributed by atoms with Crippen molar-refractivity contribution in [2.45, 2.75) is 45.4 Å². The Morgan fingerprint density at radius 3 is 2.89 bits per heavy atom. The summed E-state index contributed by atoms with van der Waals surface area (Å²) in [5.74, 6) is 2.12. The van der Waals surface area contributed by atoms with Gasteiger partial charge in [0.25, 0.3) is 0 Å². The Morgan fingerprint density at radius 1 is 1.39 bits per heavy atom. The molecule has 2 heteroatoms. The summed E-state index contributed by atoms with van der Waals surface area (Å²) in [6.45, 7) is 5.00. The molecule has 0 heterocycles. The molecule has 0 radical (unpaired) electrons. The predicted octanol–water partition coefficient (Wildman–Crippen LogP) is 3.95. The lowest BCUT2D eigenvalue weighted by molar-refractivity contribution is -0.121. The Balaban J connectivity index is 1.82. The van der Waals surface area contributed by atoms with Crippen molar-refractivity contribution >= 4 is 5.78 Å². The van der Waals surface area contributed by atoms with Crippen LogP contribution in [0.2, 0.25) is 0 Å². The predicted molar refractivity (Wildman–Crippen MR) is 73.0 cm³/mol. The van der Waals surface area contributed by atoms with Crippen molar-refractivity contribution in [2.24, 2.45) is 5.92 Å². The summed E-state index contributed by atoms with van der Waals surface area (Å²) in [6, 6.07) is 8.24. The van der Waals surface area contributed by atoms with E-state index < -0.39 is 0 Å². The van der Waals surface area contributed by atoms with E-state index in [1.165, 1.54) is 5.56 Å². The summed E-state index contributed by atoms with van der Waals surface area (Å²) in [6.07, 6.45) is 3.75. The maximum absolute atomic E-state index is 11.5. The molecule has 0 N–H and O–H groups in total. The monoisotopic (exact) mass is 246 g/mol. The molecule has 18 heavy (non-hydrogen) atoms. The van der Waals surface area contributed by atoms with Crippen molar-refractivity contribution in [3.63, 3.8) is 0 Å². The van der Waals surface area contributed by atoms with Gasteiger partial charge in [-0.25, -0.2) is 0 Å². The van der Waals surface area contributed by atoms with Crippen molar-refractivity contribution in [2.75, 3.05) is 6.61 Å². The van der Waals surface area contributed by atoms with Crippen LogP contribution in [0, 0.1) is 5.92 Å². The van der Waals surface area contributed by atoms with Crippen molar-refractivity contribution in [1.29, 1.82) is 0 Å². The number of carbonyl (C=O) groups excluding carboxylic acids is 1. The minimum absolute atomic E-state index is 0.248. The topological polar surface area (TPSA) is 26.3 Å². The number of benzene rings is 1. The highest BCUT2D eigenvalue weighted by Gasteiger charge is 2.23. The second-order valence-electron chi connectivity index (χ2n) is 5.42. The molecule has 0 spiro atoms. The van der Waals surface area contributed by atoms with Gasteiger partial charge in [0.2, 0.25) is 0 Å². The molecule has 1 aliphatic carbocycles. The van der Waals surface area contributed by atoms with Gasteiger partial charge in [0.1, 0.15) is 11.5 Å². The van der Waals surface area contributed by atoms with Crippen LogP contribution in [0.1, 0.15) is 51.0 Å². The van der Waals surface area contributed by atoms with Crippen LogP contribution in [0.25, 0.3) is 0 Å². The van der Waals surface area contributed by atoms with Gasteiger partial charge in [-0.1, -0.05) is 26.0 Å². The second-order valence-corrected chi connectivity index (χ2v) is 5.42. The fourth-order valence-electron chi connectivity index (χ4n) is 2.48. The van der Waals surface area contributed by atoms with Crippen LogP contribution in [0.15, 0.2) is 24.3 Å². The maximum atomic E-state index is 11.5. The van der Waals surface area contributed by atoms with Crippen molar-refractivity contribution < 1.29 is 9.53 Å². The number of hydrogen-bond donors (Lipinski definition) is 0. The Bertz CT molecular complexity index is 409. The number of ether oxygens (including phenoxy) is 1. The van der Waals surface area contributed by atoms with Crippen LogP contribution in [0.3, 0.4) is 0 Å². The normalized spacial score (nSPS) is 19.5. The standard InChI is InChI=1S/C16H22O2/c1-12(2)14-6-3-7-15(11-14)18-10-9-13-5-4-8-16(13)17/h3,6-7,11-13H,4-5,8-10H2,1-2H3. The van der Waals surface area contributed by atoms with E-state index in [1.807, 2.05) is 12.1 Å². The number of ketones is 1. The minimum Gasteiger partial charge on any atom is -0.494 e. The minimum atomic E-state index is 0.248. The van der Waals surface area contributed by atoms with Gasteiger partial charge < -0.3 is 4.74 Å². The first kappa shape index (κ1) is 13.1. The van der Waals surface area contributed by atoms with E-state index in [1.54, 1.807) is 0 Å². The Morgan fingerprint density at radius 2 is 2.22 bits per heavy atom. The van der Waals surface area contributed by atoms with Crippen LogP contribution in [-0.4, -0.2) is 12.4 Å². The summed E-state index contributed by atoms with van der Waals surface area (Å²) in [5.41, 5.74) is 1.30. The van der Waals surface area contributed by atoms with Crippen LogP contribution >= 0.6 is 0 Å². The van der Waals surface area contributed by atoms with Gasteiger partial charge in [0.05, 0.1) is 6.61 Å². The van der Waals surface area contributed by atoms with Gasteiger partial charge in [-0.3, -0.25) is 4.79 Å². The molecule has 0 aliphatic heterocycles. The van der Waals surface area contributed by atoms with E-state index >= 15 is 0 Å². The number of rotatable bonds is 5. The number of carbonyl (C=O) groups is 1. The molecule has 0 saturated heterocycles. The molecule has 1 saturated carbocycles. The third kappa shape index (κ3) is 3.34. The van der Waals surface area contributed by atoms with Crippen LogP contribution in [-0.2, 0) is 4.79 Å². The third-order valence-corrected chi connectivity index (χ3v) is 3.69. The fourth-order valence-corrected chi connectivity index (χ4v) is 2.48. The van der Waals surface area contributed by atoms with Gasteiger partial charge in [-0.05, 0) is 42.9 Å². The fraction of sp³-hybridized carbons (Fsp3) is 0.562. The van der Waals surface area contributed by atoms with Gasteiger partial charge in [-0.15, -0.1) is 0 Å². The van der Waals surface area contributed by atoms with Crippen molar-refractivity contribution in [3.05, 3.63) is 29.8 Å². The lowest BCUT2D eigenvalue weighted by Gasteiger charge is -2.11. The highest BCUT2D eigenvalue weighted by Crippen LogP contribution is 2.25. The van der Waals surface area contributed by atoms with E-state index in [2.05, 4.69) is 26.0 Å². The second kappa shape index (κ2) is 6.03. The van der Waals surface area contributed by atoms with E-state index in [9.17, 15) is 4.79 Å². The lowest BCUT2D eigenvalue weighted by atomic mass is 10.0. The molecule has 1 aromatic carbocycles. The Kier molecular flexibility index (Phi) is 4.40. The molecule has 2 rings (SSSR count). The van der Waals surface area contributed by atoms with Gasteiger partial charge >= 0.3 is 0 Å². The molecule has 1 aromatic rings. The third-order valence-electron chi connectivity index (χ3n) is 3.69. The highest BCUT2D eigenvalue weighted by molar-refractivity contribution is 5.82. The van der Waals surface area contributed by atoms with Crippen molar-refractivity contribution in [1.82, 2.24) is 0 Å². The zero-order valence-electron chi connectivity index (χ0n) is 11.3. The van der Waals surface area contributed by atoms with Crippen LogP contribution in [0.4, 0.5) is 0 Å². The molecule has 0 amide bonds. The average Bonchev–Trinajstić information content (AvgIpc) is 2.76. The zero-order chi connectivity index (χ0) is 13.0. The van der Waals surface area contributed by atoms with E-state index in [-0.39, 0.29) is 5.92 Å². The first-order valence-electron chi connectivity index (χ1n) is 6.92. The molecule has 1 fully saturated rings. The Hall–Kier alpha value is -1.31. The Labute approximate surface area is 109 Å². The van der Waals surface area contributed by atoms with Gasteiger partial charge in [-0.2, -0.15) is 0 Å². The largest absolute Gasteiger partial charge is 0.494 e. The van der Waals surface area contributed by atoms with E-state index in [0.29, 0.717) is 18.3 Å². The molecular formula is C16H22O2. The first-order chi connectivity index (χ1) is 8.66. The first-order valence-corrected chi connectivity index (χ1v) is 6.92. The zero-order valence-corrected chi connectivity index (χ0v) is 11.3. The van der Waals surface area contributed by atoms with E-state index in [0.717, 1.165) is 31.4 Å². The molecule has 0 aromatic heterocycles. The summed E-state index contributed by atoms with van der Waals surface area (Å²) >= 11 is 0. The quantitative estimate of drug-likeness (QED) is 0.786. The lowest BCUT2D eigenvalue weighted by Crippen LogP contribution is -2.11. The average molecular weight is 246 g/mol. The summed E-state index contributed by atoms with van der Waals surface area (Å²) in [5, 5.41) is 0. The SMILES string of the molecule is CC(C)c1cccc(OCCC2CCCC2=O)c1. The summed E-state index contributed by atoms with van der Waals surface area (Å²) in [7, 11) is 0. The van der Waals surface area contributed by atoms with Crippen LogP contribution < -0.4 is 4.74 Å². The highest BCUT2D eigenvalue weighted by atomic mass is 16.5. The van der Waals surface area contributed by atoms with Crippen molar-refractivity contribution in [3.8, 4) is 5.75 Å². The van der Waals surface area contributed by atoms with Gasteiger partial charge in [0, 0.05) is 12.3 Å². The number of Topliss-reactive ketones (excluding diaryl/α,β-unsaturated/α-hetero) is 1. The molecule has 0 bridgehead atoms. The molecule has 1 unspecified atom stereocenters. The van der Waals surface area contributed by atoms with Crippen LogP contribution in [0.5, 0.6) is 5.75 Å². The number of hydrogen-bond acceptors (Lipinski definition) is 2. The summed E-state index contributed by atoms with van der Waals surface area (Å²) in [4.78, 5) is 11.5.